The van der Waals surface area contributed by atoms with Crippen LogP contribution in [0.15, 0.2) is 97.1 Å². The molecule has 0 fully saturated rings. The molecule has 6 rings (SSSR count). The molecule has 0 amide bonds. The van der Waals surface area contributed by atoms with Gasteiger partial charge in [0.05, 0.1) is 0 Å². The Bertz CT molecular complexity index is 1820. The molecule has 9 heteroatoms. The molecule has 4 atom stereocenters. The molecule has 0 aliphatic heterocycles. The molecule has 0 N–H and O–H groups in total. The molecule has 0 saturated heterocycles. The van der Waals surface area contributed by atoms with Crippen LogP contribution in [0.1, 0.15) is 80.7 Å². The van der Waals surface area contributed by atoms with E-state index in [0.717, 1.165) is 0 Å². The minimum atomic E-state index is -1.62. The summed E-state index contributed by atoms with van der Waals surface area (Å²) in [4.78, 5) is 93.5. The minimum absolute atomic E-state index is 0.0185. The number of hydrogen-bond acceptors (Lipinski definition) is 9. The number of Topliss-reactive ketones (excluding diaryl/α,β-unsaturated/α-hetero) is 6. The van der Waals surface area contributed by atoms with E-state index >= 15 is 0 Å². The van der Waals surface area contributed by atoms with Crippen molar-refractivity contribution in [2.75, 3.05) is 14.2 Å². The van der Waals surface area contributed by atoms with E-state index in [2.05, 4.69) is 0 Å². The van der Waals surface area contributed by atoms with E-state index in [1.807, 2.05) is 0 Å². The molecule has 2 unspecified atom stereocenters. The number of rotatable bonds is 10. The Labute approximate surface area is 263 Å². The van der Waals surface area contributed by atoms with Crippen LogP contribution in [0.4, 0.5) is 0 Å². The summed E-state index contributed by atoms with van der Waals surface area (Å²) in [6, 6.07) is 24.9. The molecule has 0 heterocycles. The van der Waals surface area contributed by atoms with Crippen LogP contribution in [0.25, 0.3) is 0 Å². The molecular weight excluding hydrogens is 588 g/mol. The van der Waals surface area contributed by atoms with Gasteiger partial charge in [-0.05, 0) is 35.4 Å². The first kappa shape index (κ1) is 30.5. The third kappa shape index (κ3) is 4.95. The van der Waals surface area contributed by atoms with Gasteiger partial charge in [-0.25, -0.2) is 0 Å². The van der Waals surface area contributed by atoms with Gasteiger partial charge in [-0.2, -0.15) is 0 Å². The molecule has 0 bridgehead atoms. The monoisotopic (exact) mass is 614 g/mol. The highest BCUT2D eigenvalue weighted by Gasteiger charge is 2.47. The maximum Gasteiger partial charge on any atom is 0.193 e. The number of benzene rings is 4. The Morgan fingerprint density at radius 1 is 0.500 bits per heavy atom. The van der Waals surface area contributed by atoms with E-state index < -0.39 is 64.5 Å². The number of ketones is 7. The fourth-order valence-corrected chi connectivity index (χ4v) is 6.14. The summed E-state index contributed by atoms with van der Waals surface area (Å²) in [6.07, 6.45) is -2.27. The largest absolute Gasteiger partial charge is 0.369 e. The summed E-state index contributed by atoms with van der Waals surface area (Å²) in [5, 5.41) is 0. The summed E-state index contributed by atoms with van der Waals surface area (Å²) in [7, 11) is 2.63. The molecule has 228 valence electrons. The average Bonchev–Trinajstić information content (AvgIpc) is 3.48. The van der Waals surface area contributed by atoms with Crippen LogP contribution in [0.2, 0.25) is 0 Å². The summed E-state index contributed by atoms with van der Waals surface area (Å²) >= 11 is 0. The highest BCUT2D eigenvalue weighted by Crippen LogP contribution is 2.35. The van der Waals surface area contributed by atoms with E-state index in [1.165, 1.54) is 50.6 Å². The lowest BCUT2D eigenvalue weighted by atomic mass is 9.91. The van der Waals surface area contributed by atoms with Gasteiger partial charge in [0, 0.05) is 47.6 Å². The molecule has 0 radical (unpaired) electrons. The smallest absolute Gasteiger partial charge is 0.193 e. The van der Waals surface area contributed by atoms with Gasteiger partial charge in [0.25, 0.3) is 0 Å². The fraction of sp³-hybridized carbons (Fsp3) is 0.162. The lowest BCUT2D eigenvalue weighted by Gasteiger charge is -2.17. The number of methoxy groups -OCH3 is 2. The highest BCUT2D eigenvalue weighted by atomic mass is 16.5. The van der Waals surface area contributed by atoms with E-state index in [4.69, 9.17) is 9.47 Å². The molecule has 0 aromatic heterocycles. The quantitative estimate of drug-likeness (QED) is 0.182. The molecule has 9 nitrogen and oxygen atoms in total. The zero-order chi connectivity index (χ0) is 32.7. The molecule has 2 aliphatic rings. The van der Waals surface area contributed by atoms with Crippen molar-refractivity contribution in [1.29, 1.82) is 0 Å². The lowest BCUT2D eigenvalue weighted by molar-refractivity contribution is -0.131. The van der Waals surface area contributed by atoms with Crippen molar-refractivity contribution in [3.8, 4) is 0 Å². The van der Waals surface area contributed by atoms with Crippen LogP contribution < -0.4 is 0 Å². The standard InChI is InChI=1S/C37H26O9/c1-45-36(19-9-5-3-6-10-19)34(43)27-30(39)23-15-13-21(17-25(23)32(27)41)29(38)22-14-16-24-26(18-22)33(42)28(31(24)40)35(44)37(46-2)20-11-7-4-8-12-20/h3-18,27-28,36-37H,1-2H3/t27?,28?,36-,37-/m1/s1. The van der Waals surface area contributed by atoms with E-state index in [1.54, 1.807) is 60.7 Å². The molecule has 0 spiro atoms. The minimum Gasteiger partial charge on any atom is -0.369 e. The van der Waals surface area contributed by atoms with Crippen molar-refractivity contribution in [3.63, 3.8) is 0 Å². The summed E-state index contributed by atoms with van der Waals surface area (Å²) in [5.74, 6) is -8.06. The van der Waals surface area contributed by atoms with Crippen molar-refractivity contribution in [2.24, 2.45) is 11.8 Å². The van der Waals surface area contributed by atoms with E-state index in [9.17, 15) is 33.6 Å². The second-order valence-electron chi connectivity index (χ2n) is 11.0. The predicted molar refractivity (Wildman–Crippen MR) is 163 cm³/mol. The number of fused-ring (bicyclic) bond motifs is 2. The lowest BCUT2D eigenvalue weighted by Crippen LogP contribution is -2.31. The maximum absolute atomic E-state index is 13.6. The van der Waals surface area contributed by atoms with E-state index in [0.29, 0.717) is 11.1 Å². The summed E-state index contributed by atoms with van der Waals surface area (Å²) < 4.78 is 10.7. The zero-order valence-corrected chi connectivity index (χ0v) is 24.7. The summed E-state index contributed by atoms with van der Waals surface area (Å²) in [5.41, 5.74) is 0.959. The van der Waals surface area contributed by atoms with Gasteiger partial charge >= 0.3 is 0 Å². The second-order valence-corrected chi connectivity index (χ2v) is 11.0. The molecule has 4 aromatic rings. The SMILES string of the molecule is CO[C@@H](C(=O)C1C(=O)c2ccc(C(=O)c3ccc4c(c3)C(=O)C(C(=O)[C@H](OC)c3ccccc3)C4=O)cc2C1=O)c1ccccc1. The third-order valence-electron chi connectivity index (χ3n) is 8.44. The van der Waals surface area contributed by atoms with Crippen LogP contribution in [-0.2, 0) is 19.1 Å². The third-order valence-corrected chi connectivity index (χ3v) is 8.44. The van der Waals surface area contributed by atoms with Gasteiger partial charge < -0.3 is 9.47 Å². The normalized spacial score (nSPS) is 18.2. The van der Waals surface area contributed by atoms with Crippen LogP contribution in [0.3, 0.4) is 0 Å². The molecule has 46 heavy (non-hydrogen) atoms. The van der Waals surface area contributed by atoms with Gasteiger partial charge in [-0.15, -0.1) is 0 Å². The van der Waals surface area contributed by atoms with Crippen molar-refractivity contribution in [3.05, 3.63) is 142 Å². The maximum atomic E-state index is 13.6. The Kier molecular flexibility index (Phi) is 8.04. The van der Waals surface area contributed by atoms with Gasteiger partial charge in [-0.1, -0.05) is 72.8 Å². The number of carbonyl (C=O) groups excluding carboxylic acids is 7. The highest BCUT2D eigenvalue weighted by molar-refractivity contribution is 6.37. The number of hydrogen-bond donors (Lipinski definition) is 0. The summed E-state index contributed by atoms with van der Waals surface area (Å²) in [6.45, 7) is 0. The Hall–Kier alpha value is -5.51. The zero-order valence-electron chi connectivity index (χ0n) is 24.7. The van der Waals surface area contributed by atoms with Gasteiger partial charge in [0.2, 0.25) is 0 Å². The molecule has 4 aromatic carbocycles. The van der Waals surface area contributed by atoms with Gasteiger partial charge in [-0.3, -0.25) is 33.6 Å². The molecule has 2 aliphatic carbocycles. The molecule has 0 saturated carbocycles. The first-order valence-electron chi connectivity index (χ1n) is 14.4. The number of ether oxygens (including phenoxy) is 2. The van der Waals surface area contributed by atoms with Crippen LogP contribution in [0, 0.1) is 11.8 Å². The van der Waals surface area contributed by atoms with Crippen molar-refractivity contribution < 1.29 is 43.0 Å². The molecular formula is C37H26O9. The van der Waals surface area contributed by atoms with Gasteiger partial charge in [0.15, 0.2) is 40.5 Å². The number of carbonyl (C=O) groups is 7. The predicted octanol–water partition coefficient (Wildman–Crippen LogP) is 4.82. The van der Waals surface area contributed by atoms with Crippen LogP contribution >= 0.6 is 0 Å². The van der Waals surface area contributed by atoms with Crippen LogP contribution in [-0.4, -0.2) is 54.7 Å². The Morgan fingerprint density at radius 2 is 0.848 bits per heavy atom. The van der Waals surface area contributed by atoms with Crippen molar-refractivity contribution in [1.82, 2.24) is 0 Å². The van der Waals surface area contributed by atoms with Crippen LogP contribution in [0.5, 0.6) is 0 Å². The first-order chi connectivity index (χ1) is 22.2. The first-order valence-corrected chi connectivity index (χ1v) is 14.4. The second kappa shape index (κ2) is 12.1. The van der Waals surface area contributed by atoms with Gasteiger partial charge in [0.1, 0.15) is 24.0 Å². The average molecular weight is 615 g/mol. The van der Waals surface area contributed by atoms with Crippen molar-refractivity contribution in [2.45, 2.75) is 12.2 Å². The van der Waals surface area contributed by atoms with Crippen molar-refractivity contribution >= 4 is 40.5 Å². The van der Waals surface area contributed by atoms with E-state index in [-0.39, 0.29) is 33.4 Å². The Morgan fingerprint density at radius 3 is 1.20 bits per heavy atom. The topological polar surface area (TPSA) is 138 Å². The Balaban J connectivity index is 1.26. The fourth-order valence-electron chi connectivity index (χ4n) is 6.14.